The number of H-pyrrole nitrogens is 1. The van der Waals surface area contributed by atoms with Crippen molar-refractivity contribution in [2.45, 2.75) is 6.04 Å². The average molecular weight is 741 g/mol. The molecule has 4 nitrogen and oxygen atoms in total. The fraction of sp³-hybridized carbons (Fsp3) is 0.0185. The van der Waals surface area contributed by atoms with Gasteiger partial charge >= 0.3 is 0 Å². The molecule has 0 spiro atoms. The zero-order valence-electron chi connectivity index (χ0n) is 31.5. The Balaban J connectivity index is 1.16. The number of allylic oxidation sites excluding steroid dienone is 2. The largest absolute Gasteiger partial charge is 0.355 e. The van der Waals surface area contributed by atoms with Crippen LogP contribution < -0.4 is 5.73 Å². The molecule has 1 atom stereocenters. The highest BCUT2D eigenvalue weighted by Gasteiger charge is 2.22. The first-order valence-electron chi connectivity index (χ1n) is 19.9. The molecule has 12 rings (SSSR count). The summed E-state index contributed by atoms with van der Waals surface area (Å²) in [5.74, 6) is 0. The van der Waals surface area contributed by atoms with Gasteiger partial charge in [0.2, 0.25) is 0 Å². The van der Waals surface area contributed by atoms with Gasteiger partial charge in [-0.3, -0.25) is 4.57 Å². The molecule has 272 valence electrons. The van der Waals surface area contributed by atoms with Crippen LogP contribution in [0, 0.1) is 0 Å². The minimum absolute atomic E-state index is 0.274. The van der Waals surface area contributed by atoms with Crippen molar-refractivity contribution in [1.29, 1.82) is 0 Å². The Hall–Kier alpha value is -7.53. The molecule has 0 fully saturated rings. The molecule has 0 bridgehead atoms. The summed E-state index contributed by atoms with van der Waals surface area (Å²) in [6.07, 6.45) is 10.2. The van der Waals surface area contributed by atoms with Crippen molar-refractivity contribution in [3.63, 3.8) is 0 Å². The van der Waals surface area contributed by atoms with E-state index in [1.165, 1.54) is 75.8 Å². The molecule has 0 saturated carbocycles. The molecule has 3 N–H and O–H groups in total. The van der Waals surface area contributed by atoms with Gasteiger partial charge in [-0.1, -0.05) is 152 Å². The van der Waals surface area contributed by atoms with Gasteiger partial charge < -0.3 is 10.7 Å². The third-order valence-electron chi connectivity index (χ3n) is 12.2. The van der Waals surface area contributed by atoms with Gasteiger partial charge in [-0.25, -0.2) is 4.99 Å². The Labute approximate surface area is 334 Å². The first-order valence-corrected chi connectivity index (χ1v) is 19.9. The summed E-state index contributed by atoms with van der Waals surface area (Å²) in [6.45, 7) is 0. The Morgan fingerprint density at radius 1 is 0.552 bits per heavy atom. The van der Waals surface area contributed by atoms with Gasteiger partial charge in [0.05, 0.1) is 22.8 Å². The summed E-state index contributed by atoms with van der Waals surface area (Å²) in [7, 11) is 0. The second kappa shape index (κ2) is 12.8. The van der Waals surface area contributed by atoms with Crippen LogP contribution in [-0.2, 0) is 0 Å². The van der Waals surface area contributed by atoms with Gasteiger partial charge in [0.1, 0.15) is 6.34 Å². The number of benzene rings is 9. The normalized spacial score (nSPS) is 15.5. The second-order valence-corrected chi connectivity index (χ2v) is 15.4. The highest BCUT2D eigenvalue weighted by molar-refractivity contribution is 6.38. The van der Waals surface area contributed by atoms with Crippen molar-refractivity contribution in [2.24, 2.45) is 10.7 Å². The molecular formula is C54H36N4. The zero-order chi connectivity index (χ0) is 38.3. The van der Waals surface area contributed by atoms with Gasteiger partial charge in [0.15, 0.2) is 0 Å². The SMILES string of the molecule is NC1C=CC=C/C1=C(/N=Cn1c2ccccc2c2c3c4ccccc4c(-c4ccc5[nH]c6ccccc6c5c4)cc3c3ccccc3c21)c1ccc2ccccc2c1. The van der Waals surface area contributed by atoms with Crippen LogP contribution in [0.2, 0.25) is 0 Å². The van der Waals surface area contributed by atoms with Crippen LogP contribution in [0.1, 0.15) is 5.56 Å². The maximum Gasteiger partial charge on any atom is 0.100 e. The monoisotopic (exact) mass is 740 g/mol. The number of aliphatic imine (C=N–C) groups is 1. The first kappa shape index (κ1) is 32.7. The molecule has 1 aliphatic rings. The lowest BCUT2D eigenvalue weighted by atomic mass is 9.88. The van der Waals surface area contributed by atoms with Gasteiger partial charge in [0.25, 0.3) is 0 Å². The minimum atomic E-state index is -0.274. The molecule has 58 heavy (non-hydrogen) atoms. The van der Waals surface area contributed by atoms with E-state index in [2.05, 4.69) is 179 Å². The molecule has 0 amide bonds. The van der Waals surface area contributed by atoms with Crippen molar-refractivity contribution >= 4 is 98.7 Å². The lowest BCUT2D eigenvalue weighted by Crippen LogP contribution is -2.21. The van der Waals surface area contributed by atoms with Gasteiger partial charge in [-0.05, 0) is 85.4 Å². The molecule has 1 unspecified atom stereocenters. The van der Waals surface area contributed by atoms with Crippen LogP contribution in [0.25, 0.3) is 104 Å². The molecule has 0 saturated heterocycles. The van der Waals surface area contributed by atoms with Crippen molar-refractivity contribution < 1.29 is 0 Å². The Morgan fingerprint density at radius 2 is 1.26 bits per heavy atom. The van der Waals surface area contributed by atoms with Crippen LogP contribution in [0.15, 0.2) is 199 Å². The fourth-order valence-corrected chi connectivity index (χ4v) is 9.50. The highest BCUT2D eigenvalue weighted by Crippen LogP contribution is 2.46. The second-order valence-electron chi connectivity index (χ2n) is 15.4. The lowest BCUT2D eigenvalue weighted by Gasteiger charge is -2.17. The Bertz CT molecular complexity index is 3650. The zero-order valence-corrected chi connectivity index (χ0v) is 31.5. The van der Waals surface area contributed by atoms with Crippen molar-refractivity contribution in [3.8, 4) is 11.1 Å². The summed E-state index contributed by atoms with van der Waals surface area (Å²) < 4.78 is 2.30. The first-order chi connectivity index (χ1) is 28.7. The van der Waals surface area contributed by atoms with E-state index in [0.717, 1.165) is 38.9 Å². The van der Waals surface area contributed by atoms with Gasteiger partial charge in [0, 0.05) is 48.9 Å². The van der Waals surface area contributed by atoms with E-state index in [0.29, 0.717) is 0 Å². The number of hydrogen-bond donors (Lipinski definition) is 2. The van der Waals surface area contributed by atoms with E-state index in [9.17, 15) is 0 Å². The lowest BCUT2D eigenvalue weighted by molar-refractivity contribution is 0.970. The summed E-state index contributed by atoms with van der Waals surface area (Å²) in [6, 6.07) is 59.1. The third kappa shape index (κ3) is 4.89. The van der Waals surface area contributed by atoms with Gasteiger partial charge in [-0.15, -0.1) is 0 Å². The van der Waals surface area contributed by atoms with Crippen LogP contribution in [0.4, 0.5) is 0 Å². The maximum atomic E-state index is 6.77. The van der Waals surface area contributed by atoms with Crippen LogP contribution in [0.5, 0.6) is 0 Å². The van der Waals surface area contributed by atoms with Gasteiger partial charge in [-0.2, -0.15) is 0 Å². The molecular weight excluding hydrogens is 705 g/mol. The number of fused-ring (bicyclic) bond motifs is 14. The summed E-state index contributed by atoms with van der Waals surface area (Å²) in [5.41, 5.74) is 16.6. The molecule has 2 heterocycles. The maximum absolute atomic E-state index is 6.77. The number of nitrogens with one attached hydrogen (secondary N) is 1. The summed E-state index contributed by atoms with van der Waals surface area (Å²) in [4.78, 5) is 9.03. The van der Waals surface area contributed by atoms with E-state index >= 15 is 0 Å². The standard InChI is InChI=1S/C54H36N4/c55-47-22-10-7-20-42(47)53(36-26-25-33-13-1-2-14-34(33)29-36)56-32-58-50-24-12-9-21-43(50)52-51-40-18-5-3-15-37(40)44(31-46(51)38-16-4-6-19-41(38)54(52)58)35-27-28-49-45(30-35)39-17-8-11-23-48(39)57-49/h1-32,47,57H,55H2/b53-42-,56-32?. The van der Waals surface area contributed by atoms with E-state index in [1.54, 1.807) is 0 Å². The average Bonchev–Trinajstić information content (AvgIpc) is 3.82. The third-order valence-corrected chi connectivity index (χ3v) is 12.2. The molecule has 0 aliphatic heterocycles. The van der Waals surface area contributed by atoms with Crippen molar-refractivity contribution in [2.75, 3.05) is 0 Å². The molecule has 1 aliphatic carbocycles. The van der Waals surface area contributed by atoms with Crippen LogP contribution in [-0.4, -0.2) is 21.9 Å². The topological polar surface area (TPSA) is 59.1 Å². The summed E-state index contributed by atoms with van der Waals surface area (Å²) in [5, 5.41) is 14.6. The summed E-state index contributed by atoms with van der Waals surface area (Å²) >= 11 is 0. The number of aromatic amines is 1. The van der Waals surface area contributed by atoms with E-state index in [-0.39, 0.29) is 6.04 Å². The van der Waals surface area contributed by atoms with Crippen molar-refractivity contribution in [3.05, 3.63) is 199 Å². The number of aromatic nitrogens is 2. The fourth-order valence-electron chi connectivity index (χ4n) is 9.50. The van der Waals surface area contributed by atoms with Crippen LogP contribution in [0.3, 0.4) is 0 Å². The highest BCUT2D eigenvalue weighted by atomic mass is 15.0. The number of para-hydroxylation sites is 2. The van der Waals surface area contributed by atoms with Crippen LogP contribution >= 0.6 is 0 Å². The minimum Gasteiger partial charge on any atom is -0.355 e. The molecule has 4 heteroatoms. The number of rotatable bonds is 4. The van der Waals surface area contributed by atoms with E-state index in [4.69, 9.17) is 10.7 Å². The number of nitrogens with zero attached hydrogens (tertiary/aromatic N) is 2. The van der Waals surface area contributed by atoms with E-state index < -0.39 is 0 Å². The molecule has 11 aromatic rings. The van der Waals surface area contributed by atoms with E-state index in [1.807, 2.05) is 24.6 Å². The number of nitrogens with two attached hydrogens (primary N) is 1. The smallest absolute Gasteiger partial charge is 0.100 e. The molecule has 9 aromatic carbocycles. The Kier molecular flexibility index (Phi) is 7.19. The Morgan fingerprint density at radius 3 is 2.12 bits per heavy atom. The quantitative estimate of drug-likeness (QED) is 0.105. The predicted octanol–water partition coefficient (Wildman–Crippen LogP) is 13.4. The predicted molar refractivity (Wildman–Crippen MR) is 248 cm³/mol. The molecule has 2 aromatic heterocycles. The van der Waals surface area contributed by atoms with Crippen molar-refractivity contribution in [1.82, 2.24) is 9.55 Å². The molecule has 0 radical (unpaired) electrons. The number of hydrogen-bond acceptors (Lipinski definition) is 2.